The Kier molecular flexibility index (Phi) is 3.78. The van der Waals surface area contributed by atoms with E-state index in [9.17, 15) is 4.79 Å². The van der Waals surface area contributed by atoms with Crippen LogP contribution in [0.2, 0.25) is 0 Å². The maximum Gasteiger partial charge on any atom is 0.161 e. The number of rotatable bonds is 3. The summed E-state index contributed by atoms with van der Waals surface area (Å²) in [6, 6.07) is 10.0. The van der Waals surface area contributed by atoms with Crippen LogP contribution in [0.25, 0.3) is 6.08 Å². The lowest BCUT2D eigenvalue weighted by atomic mass is 9.72. The highest BCUT2D eigenvalue weighted by Crippen LogP contribution is 2.36. The fourth-order valence-electron chi connectivity index (χ4n) is 2.52. The molecule has 1 saturated carbocycles. The van der Waals surface area contributed by atoms with Gasteiger partial charge in [-0.15, -0.1) is 0 Å². The lowest BCUT2D eigenvalue weighted by Crippen LogP contribution is -2.28. The van der Waals surface area contributed by atoms with Gasteiger partial charge in [0, 0.05) is 5.41 Å². The predicted octanol–water partition coefficient (Wildman–Crippen LogP) is 4.24. The van der Waals surface area contributed by atoms with Crippen LogP contribution in [0.5, 0.6) is 0 Å². The second-order valence-corrected chi connectivity index (χ2v) is 5.23. The third-order valence-corrected chi connectivity index (χ3v) is 3.78. The molecule has 0 aliphatic heterocycles. The van der Waals surface area contributed by atoms with Gasteiger partial charge in [0.25, 0.3) is 0 Å². The van der Waals surface area contributed by atoms with Crippen LogP contribution >= 0.6 is 0 Å². The molecule has 0 amide bonds. The van der Waals surface area contributed by atoms with Crippen molar-refractivity contribution in [3.63, 3.8) is 0 Å². The average molecular weight is 228 g/mol. The van der Waals surface area contributed by atoms with Crippen molar-refractivity contribution in [3.8, 4) is 0 Å². The monoisotopic (exact) mass is 228 g/mol. The normalized spacial score (nSPS) is 19.4. The number of ketones is 1. The van der Waals surface area contributed by atoms with Gasteiger partial charge in [-0.3, -0.25) is 4.79 Å². The van der Waals surface area contributed by atoms with E-state index in [-0.39, 0.29) is 5.41 Å². The molecule has 0 saturated heterocycles. The van der Waals surface area contributed by atoms with E-state index in [0.717, 1.165) is 18.4 Å². The van der Waals surface area contributed by atoms with Crippen LogP contribution in [-0.4, -0.2) is 5.78 Å². The third-order valence-electron chi connectivity index (χ3n) is 3.78. The zero-order valence-electron chi connectivity index (χ0n) is 10.5. The summed E-state index contributed by atoms with van der Waals surface area (Å²) in [4.78, 5) is 12.2. The van der Waals surface area contributed by atoms with Gasteiger partial charge in [0.1, 0.15) is 0 Å². The number of allylic oxidation sites excluding steroid dienone is 1. The molecule has 1 aromatic rings. The standard InChI is InChI=1S/C16H20O/c1-16(12-6-3-7-13-16)15(17)11-10-14-8-4-2-5-9-14/h2,4-5,8-11H,3,6-7,12-13H2,1H3. The SMILES string of the molecule is CC1(C(=O)C=Cc2ccccc2)CCCCC1. The molecule has 1 nitrogen and oxygen atoms in total. The largest absolute Gasteiger partial charge is 0.294 e. The Morgan fingerprint density at radius 3 is 2.41 bits per heavy atom. The number of hydrogen-bond donors (Lipinski definition) is 0. The van der Waals surface area contributed by atoms with Gasteiger partial charge in [0.15, 0.2) is 5.78 Å². The van der Waals surface area contributed by atoms with E-state index in [1.54, 1.807) is 6.08 Å². The van der Waals surface area contributed by atoms with E-state index in [2.05, 4.69) is 6.92 Å². The highest BCUT2D eigenvalue weighted by Gasteiger charge is 2.32. The van der Waals surface area contributed by atoms with Crippen molar-refractivity contribution in [2.45, 2.75) is 39.0 Å². The van der Waals surface area contributed by atoms with Crippen molar-refractivity contribution < 1.29 is 4.79 Å². The summed E-state index contributed by atoms with van der Waals surface area (Å²) in [7, 11) is 0. The van der Waals surface area contributed by atoms with Gasteiger partial charge in [-0.05, 0) is 24.5 Å². The van der Waals surface area contributed by atoms with Crippen LogP contribution < -0.4 is 0 Å². The first-order valence-corrected chi connectivity index (χ1v) is 6.48. The minimum Gasteiger partial charge on any atom is -0.294 e. The molecule has 0 radical (unpaired) electrons. The van der Waals surface area contributed by atoms with Crippen molar-refractivity contribution in [2.75, 3.05) is 0 Å². The highest BCUT2D eigenvalue weighted by molar-refractivity contribution is 5.97. The minimum atomic E-state index is -0.108. The van der Waals surface area contributed by atoms with Crippen LogP contribution in [0.1, 0.15) is 44.6 Å². The molecule has 1 fully saturated rings. The smallest absolute Gasteiger partial charge is 0.161 e. The summed E-state index contributed by atoms with van der Waals surface area (Å²) in [6.07, 6.45) is 9.47. The summed E-state index contributed by atoms with van der Waals surface area (Å²) in [6.45, 7) is 2.11. The van der Waals surface area contributed by atoms with Gasteiger partial charge in [-0.2, -0.15) is 0 Å². The van der Waals surface area contributed by atoms with E-state index in [4.69, 9.17) is 0 Å². The first kappa shape index (κ1) is 12.1. The zero-order valence-corrected chi connectivity index (χ0v) is 10.5. The quantitative estimate of drug-likeness (QED) is 0.707. The molecular formula is C16H20O. The Labute approximate surface area is 104 Å². The molecule has 1 heteroatoms. The number of benzene rings is 1. The van der Waals surface area contributed by atoms with E-state index < -0.39 is 0 Å². The maximum atomic E-state index is 12.2. The Morgan fingerprint density at radius 2 is 1.76 bits per heavy atom. The molecule has 0 unspecified atom stereocenters. The molecule has 0 N–H and O–H groups in total. The van der Waals surface area contributed by atoms with Crippen molar-refractivity contribution in [1.82, 2.24) is 0 Å². The number of carbonyl (C=O) groups is 1. The van der Waals surface area contributed by atoms with Crippen LogP contribution in [-0.2, 0) is 4.79 Å². The number of carbonyl (C=O) groups excluding carboxylic acids is 1. The summed E-state index contributed by atoms with van der Waals surface area (Å²) >= 11 is 0. The van der Waals surface area contributed by atoms with Gasteiger partial charge >= 0.3 is 0 Å². The molecule has 0 atom stereocenters. The molecule has 0 spiro atoms. The molecule has 90 valence electrons. The molecule has 0 heterocycles. The average Bonchev–Trinajstić information content (AvgIpc) is 2.38. The Balaban J connectivity index is 2.03. The molecule has 2 rings (SSSR count). The van der Waals surface area contributed by atoms with Gasteiger partial charge < -0.3 is 0 Å². The number of hydrogen-bond acceptors (Lipinski definition) is 1. The van der Waals surface area contributed by atoms with E-state index >= 15 is 0 Å². The topological polar surface area (TPSA) is 17.1 Å². The summed E-state index contributed by atoms with van der Waals surface area (Å²) in [5.74, 6) is 0.293. The van der Waals surface area contributed by atoms with Crippen LogP contribution in [0.3, 0.4) is 0 Å². The van der Waals surface area contributed by atoms with Crippen LogP contribution in [0.4, 0.5) is 0 Å². The molecule has 0 bridgehead atoms. The van der Waals surface area contributed by atoms with Gasteiger partial charge in [-0.25, -0.2) is 0 Å². The second kappa shape index (κ2) is 5.31. The van der Waals surface area contributed by atoms with Gasteiger partial charge in [0.2, 0.25) is 0 Å². The van der Waals surface area contributed by atoms with Crippen molar-refractivity contribution in [2.24, 2.45) is 5.41 Å². The summed E-state index contributed by atoms with van der Waals surface area (Å²) in [5.41, 5.74) is 0.990. The molecular weight excluding hydrogens is 208 g/mol. The minimum absolute atomic E-state index is 0.108. The molecule has 0 aromatic heterocycles. The van der Waals surface area contributed by atoms with Crippen LogP contribution in [0.15, 0.2) is 36.4 Å². The van der Waals surface area contributed by atoms with E-state index in [1.165, 1.54) is 19.3 Å². The summed E-state index contributed by atoms with van der Waals surface area (Å²) < 4.78 is 0. The second-order valence-electron chi connectivity index (χ2n) is 5.23. The Bertz CT molecular complexity index is 397. The fraction of sp³-hybridized carbons (Fsp3) is 0.438. The zero-order chi connectivity index (χ0) is 12.1. The molecule has 1 aliphatic carbocycles. The van der Waals surface area contributed by atoms with Gasteiger partial charge in [0.05, 0.1) is 0 Å². The lowest BCUT2D eigenvalue weighted by Gasteiger charge is -2.30. The third kappa shape index (κ3) is 3.06. The van der Waals surface area contributed by atoms with E-state index in [1.807, 2.05) is 36.4 Å². The first-order chi connectivity index (χ1) is 8.21. The molecule has 17 heavy (non-hydrogen) atoms. The Morgan fingerprint density at radius 1 is 1.12 bits per heavy atom. The van der Waals surface area contributed by atoms with Crippen molar-refractivity contribution in [3.05, 3.63) is 42.0 Å². The Hall–Kier alpha value is -1.37. The van der Waals surface area contributed by atoms with Crippen molar-refractivity contribution in [1.29, 1.82) is 0 Å². The van der Waals surface area contributed by atoms with Gasteiger partial charge in [-0.1, -0.05) is 62.6 Å². The highest BCUT2D eigenvalue weighted by atomic mass is 16.1. The van der Waals surface area contributed by atoms with E-state index in [0.29, 0.717) is 5.78 Å². The summed E-state index contributed by atoms with van der Waals surface area (Å²) in [5, 5.41) is 0. The molecule has 1 aromatic carbocycles. The van der Waals surface area contributed by atoms with Crippen LogP contribution in [0, 0.1) is 5.41 Å². The lowest BCUT2D eigenvalue weighted by molar-refractivity contribution is -0.124. The first-order valence-electron chi connectivity index (χ1n) is 6.48. The maximum absolute atomic E-state index is 12.2. The molecule has 1 aliphatic rings. The fourth-order valence-corrected chi connectivity index (χ4v) is 2.52. The van der Waals surface area contributed by atoms with Crippen molar-refractivity contribution >= 4 is 11.9 Å². The predicted molar refractivity (Wildman–Crippen MR) is 71.7 cm³/mol.